The van der Waals surface area contributed by atoms with Gasteiger partial charge in [0.05, 0.1) is 4.90 Å². The van der Waals surface area contributed by atoms with Gasteiger partial charge in [0.2, 0.25) is 10.0 Å². The van der Waals surface area contributed by atoms with Crippen LogP contribution in [0.25, 0.3) is 0 Å². The smallest absolute Gasteiger partial charge is 0.255 e. The minimum Gasteiger partial charge on any atom is -0.322 e. The molecule has 1 heterocycles. The largest absolute Gasteiger partial charge is 0.322 e. The summed E-state index contributed by atoms with van der Waals surface area (Å²) in [6, 6.07) is 10.3. The number of nitrogens with zero attached hydrogens (tertiary/aromatic N) is 1. The second-order valence-electron chi connectivity index (χ2n) is 6.85. The number of carbonyl (C=O) groups is 1. The lowest BCUT2D eigenvalue weighted by Gasteiger charge is -2.26. The second kappa shape index (κ2) is 8.12. The Bertz CT molecular complexity index is 967. The van der Waals surface area contributed by atoms with E-state index in [1.165, 1.54) is 4.31 Å². The van der Waals surface area contributed by atoms with Crippen LogP contribution in [0.5, 0.6) is 0 Å². The summed E-state index contributed by atoms with van der Waals surface area (Å²) in [5.41, 5.74) is 2.73. The molecule has 1 aliphatic rings. The monoisotopic (exact) mass is 450 g/mol. The summed E-state index contributed by atoms with van der Waals surface area (Å²) in [7, 11) is -3.54. The van der Waals surface area contributed by atoms with Gasteiger partial charge in [-0.15, -0.1) is 0 Å². The number of benzene rings is 2. The van der Waals surface area contributed by atoms with Crippen molar-refractivity contribution in [2.75, 3.05) is 18.4 Å². The Labute approximate surface area is 169 Å². The molecule has 0 unspecified atom stereocenters. The molecule has 7 heteroatoms. The maximum Gasteiger partial charge on any atom is 0.255 e. The molecule has 2 aromatic rings. The normalized spacial score (nSPS) is 15.5. The summed E-state index contributed by atoms with van der Waals surface area (Å²) in [6.07, 6.45) is 2.84. The molecule has 0 atom stereocenters. The van der Waals surface area contributed by atoms with Gasteiger partial charge in [-0.1, -0.05) is 28.4 Å². The van der Waals surface area contributed by atoms with Gasteiger partial charge in [-0.05, 0) is 68.1 Å². The number of hydrogen-bond acceptors (Lipinski definition) is 3. The third-order valence-electron chi connectivity index (χ3n) is 4.84. The fraction of sp³-hybridized carbons (Fsp3) is 0.350. The maximum absolute atomic E-state index is 12.9. The third-order valence-corrected chi connectivity index (χ3v) is 7.23. The van der Waals surface area contributed by atoms with Crippen LogP contribution in [0.1, 0.15) is 40.7 Å². The predicted molar refractivity (Wildman–Crippen MR) is 111 cm³/mol. The van der Waals surface area contributed by atoms with Gasteiger partial charge in [-0.25, -0.2) is 8.42 Å². The average molecular weight is 451 g/mol. The Morgan fingerprint density at radius 3 is 2.37 bits per heavy atom. The molecule has 1 amide bonds. The molecule has 144 valence electrons. The number of anilines is 1. The van der Waals surface area contributed by atoms with Crippen LogP contribution in [0.15, 0.2) is 45.8 Å². The Morgan fingerprint density at radius 2 is 1.70 bits per heavy atom. The zero-order valence-corrected chi connectivity index (χ0v) is 17.9. The highest BCUT2D eigenvalue weighted by molar-refractivity contribution is 9.10. The molecule has 3 rings (SSSR count). The minimum atomic E-state index is -3.54. The van der Waals surface area contributed by atoms with E-state index in [1.807, 2.05) is 26.0 Å². The van der Waals surface area contributed by atoms with Crippen LogP contribution in [0.4, 0.5) is 5.69 Å². The first-order valence-electron chi connectivity index (χ1n) is 8.97. The lowest BCUT2D eigenvalue weighted by Crippen LogP contribution is -2.35. The van der Waals surface area contributed by atoms with E-state index in [9.17, 15) is 13.2 Å². The molecule has 27 heavy (non-hydrogen) atoms. The lowest BCUT2D eigenvalue weighted by atomic mass is 10.1. The van der Waals surface area contributed by atoms with E-state index in [1.54, 1.807) is 24.3 Å². The number of sulfonamides is 1. The van der Waals surface area contributed by atoms with Crippen molar-refractivity contribution < 1.29 is 13.2 Å². The first kappa shape index (κ1) is 20.0. The average Bonchev–Trinajstić information content (AvgIpc) is 2.64. The van der Waals surface area contributed by atoms with Crippen LogP contribution in [-0.2, 0) is 10.0 Å². The number of halogens is 1. The summed E-state index contributed by atoms with van der Waals surface area (Å²) in [5.74, 6) is -0.254. The first-order valence-corrected chi connectivity index (χ1v) is 11.2. The van der Waals surface area contributed by atoms with E-state index in [0.29, 0.717) is 24.3 Å². The zero-order valence-electron chi connectivity index (χ0n) is 15.5. The van der Waals surface area contributed by atoms with Gasteiger partial charge in [0.1, 0.15) is 0 Å². The summed E-state index contributed by atoms with van der Waals surface area (Å²) in [4.78, 5) is 12.9. The van der Waals surface area contributed by atoms with E-state index >= 15 is 0 Å². The second-order valence-corrected chi connectivity index (χ2v) is 9.71. The molecule has 0 aliphatic carbocycles. The Balaban J connectivity index is 1.88. The number of nitrogens with one attached hydrogen (secondary N) is 1. The van der Waals surface area contributed by atoms with Crippen LogP contribution >= 0.6 is 15.9 Å². The number of amides is 1. The standard InChI is InChI=1S/C20H23BrN2O3S/c1-14-6-8-17(27(25,26)23-10-4-3-5-11-23)13-19(14)22-20(24)18-9-7-16(21)12-15(18)2/h6-9,12-13H,3-5,10-11H2,1-2H3,(H,22,24). The van der Waals surface area contributed by atoms with Crippen molar-refractivity contribution in [2.24, 2.45) is 0 Å². The molecule has 0 bridgehead atoms. The van der Waals surface area contributed by atoms with Crippen LogP contribution in [0, 0.1) is 13.8 Å². The molecule has 1 fully saturated rings. The fourth-order valence-corrected chi connectivity index (χ4v) is 5.24. The van der Waals surface area contributed by atoms with Crippen LogP contribution in [-0.4, -0.2) is 31.7 Å². The van der Waals surface area contributed by atoms with Crippen molar-refractivity contribution >= 4 is 37.5 Å². The molecule has 0 saturated carbocycles. The number of hydrogen-bond donors (Lipinski definition) is 1. The number of piperidine rings is 1. The molecule has 2 aromatic carbocycles. The molecule has 1 aliphatic heterocycles. The molecule has 1 saturated heterocycles. The van der Waals surface area contributed by atoms with E-state index in [4.69, 9.17) is 0 Å². The summed E-state index contributed by atoms with van der Waals surface area (Å²) < 4.78 is 28.3. The highest BCUT2D eigenvalue weighted by Crippen LogP contribution is 2.26. The SMILES string of the molecule is Cc1ccc(S(=O)(=O)N2CCCCC2)cc1NC(=O)c1ccc(Br)cc1C. The first-order chi connectivity index (χ1) is 12.8. The predicted octanol–water partition coefficient (Wildman–Crippen LogP) is 4.49. The maximum atomic E-state index is 12.9. The van der Waals surface area contributed by atoms with Crippen LogP contribution in [0.3, 0.4) is 0 Å². The van der Waals surface area contributed by atoms with E-state index < -0.39 is 10.0 Å². The highest BCUT2D eigenvalue weighted by atomic mass is 79.9. The summed E-state index contributed by atoms with van der Waals surface area (Å²) in [5, 5.41) is 2.87. The topological polar surface area (TPSA) is 66.5 Å². The molecule has 0 radical (unpaired) electrons. The Morgan fingerprint density at radius 1 is 1.00 bits per heavy atom. The fourth-order valence-electron chi connectivity index (χ4n) is 3.22. The zero-order chi connectivity index (χ0) is 19.6. The minimum absolute atomic E-state index is 0.220. The number of rotatable bonds is 4. The van der Waals surface area contributed by atoms with Gasteiger partial charge in [0.25, 0.3) is 5.91 Å². The van der Waals surface area contributed by atoms with Crippen molar-refractivity contribution in [3.8, 4) is 0 Å². The highest BCUT2D eigenvalue weighted by Gasteiger charge is 2.26. The molecular formula is C20H23BrN2O3S. The van der Waals surface area contributed by atoms with Gasteiger partial charge in [0.15, 0.2) is 0 Å². The summed E-state index contributed by atoms with van der Waals surface area (Å²) >= 11 is 3.39. The van der Waals surface area contributed by atoms with Gasteiger partial charge in [0, 0.05) is 28.8 Å². The number of carbonyl (C=O) groups excluding carboxylic acids is 1. The van der Waals surface area contributed by atoms with Crippen molar-refractivity contribution in [1.29, 1.82) is 0 Å². The van der Waals surface area contributed by atoms with Crippen LogP contribution in [0.2, 0.25) is 0 Å². The number of aryl methyl sites for hydroxylation is 2. The molecule has 5 nitrogen and oxygen atoms in total. The molecule has 0 spiro atoms. The van der Waals surface area contributed by atoms with E-state index in [2.05, 4.69) is 21.2 Å². The molecule has 1 N–H and O–H groups in total. The molecular weight excluding hydrogens is 428 g/mol. The van der Waals surface area contributed by atoms with Crippen molar-refractivity contribution in [1.82, 2.24) is 4.31 Å². The van der Waals surface area contributed by atoms with Crippen molar-refractivity contribution in [3.05, 3.63) is 57.6 Å². The Kier molecular flexibility index (Phi) is 6.03. The summed E-state index contributed by atoms with van der Waals surface area (Å²) in [6.45, 7) is 4.82. The lowest BCUT2D eigenvalue weighted by molar-refractivity contribution is 0.102. The van der Waals surface area contributed by atoms with E-state index in [0.717, 1.165) is 34.9 Å². The van der Waals surface area contributed by atoms with Crippen molar-refractivity contribution in [2.45, 2.75) is 38.0 Å². The van der Waals surface area contributed by atoms with Gasteiger partial charge in [-0.3, -0.25) is 4.79 Å². The van der Waals surface area contributed by atoms with Gasteiger partial charge < -0.3 is 5.32 Å². The van der Waals surface area contributed by atoms with Crippen molar-refractivity contribution in [3.63, 3.8) is 0 Å². The van der Waals surface area contributed by atoms with Gasteiger partial charge in [-0.2, -0.15) is 4.31 Å². The van der Waals surface area contributed by atoms with E-state index in [-0.39, 0.29) is 10.8 Å². The Hall–Kier alpha value is -1.70. The third kappa shape index (κ3) is 4.42. The van der Waals surface area contributed by atoms with Crippen LogP contribution < -0.4 is 5.32 Å². The quantitative estimate of drug-likeness (QED) is 0.745. The molecule has 0 aromatic heterocycles. The van der Waals surface area contributed by atoms with Gasteiger partial charge >= 0.3 is 0 Å².